The first kappa shape index (κ1) is 28.7. The smallest absolute Gasteiger partial charge is 0.0594 e. The molecule has 0 aliphatic heterocycles. The van der Waals surface area contributed by atoms with Gasteiger partial charge in [-0.2, -0.15) is 0 Å². The van der Waals surface area contributed by atoms with Gasteiger partial charge in [-0.15, -0.1) is 0 Å². The first-order chi connectivity index (χ1) is 16.8. The van der Waals surface area contributed by atoms with Crippen LogP contribution in [0.15, 0.2) is 12.2 Å². The molecule has 5 aliphatic rings. The number of aliphatic hydroxyl groups is 1. The molecule has 36 heavy (non-hydrogen) atoms. The molecule has 5 fully saturated rings. The summed E-state index contributed by atoms with van der Waals surface area (Å²) in [7, 11) is 0. The van der Waals surface area contributed by atoms with Crippen LogP contribution in [0.4, 0.5) is 0 Å². The Morgan fingerprint density at radius 3 is 2.00 bits per heavy atom. The first-order valence-corrected chi connectivity index (χ1v) is 16.1. The van der Waals surface area contributed by atoms with E-state index in [0.717, 1.165) is 30.1 Å². The van der Waals surface area contributed by atoms with Crippen molar-refractivity contribution in [3.8, 4) is 0 Å². The van der Waals surface area contributed by atoms with Crippen LogP contribution in [0.1, 0.15) is 146 Å². The van der Waals surface area contributed by atoms with Gasteiger partial charge < -0.3 is 5.11 Å². The fraction of sp³-hybridized carbons (Fsp3) is 0.943. The van der Waals surface area contributed by atoms with Gasteiger partial charge in [-0.05, 0) is 128 Å². The van der Waals surface area contributed by atoms with E-state index < -0.39 is 0 Å². The third kappa shape index (κ3) is 3.85. The molecule has 9 unspecified atom stereocenters. The molecule has 0 aromatic rings. The molecule has 1 N–H and O–H groups in total. The lowest BCUT2D eigenvalue weighted by molar-refractivity contribution is -0.247. The Morgan fingerprint density at radius 2 is 1.42 bits per heavy atom. The van der Waals surface area contributed by atoms with Crippen molar-refractivity contribution < 1.29 is 5.11 Å². The molecule has 5 saturated carbocycles. The van der Waals surface area contributed by atoms with Gasteiger partial charge in [0.25, 0.3) is 0 Å². The zero-order chi connectivity index (χ0) is 26.7. The van der Waals surface area contributed by atoms with Crippen LogP contribution in [-0.4, -0.2) is 11.2 Å². The minimum absolute atomic E-state index is 0.0620. The number of hydrogen-bond donors (Lipinski definition) is 1. The number of aliphatic hydroxyl groups excluding tert-OH is 1. The van der Waals surface area contributed by atoms with Crippen molar-refractivity contribution in [2.75, 3.05) is 0 Å². The van der Waals surface area contributed by atoms with Gasteiger partial charge in [0.05, 0.1) is 6.10 Å². The summed E-state index contributed by atoms with van der Waals surface area (Å²) >= 11 is 0. The van der Waals surface area contributed by atoms with Gasteiger partial charge in [0.15, 0.2) is 0 Å². The Hall–Kier alpha value is -0.300. The van der Waals surface area contributed by atoms with E-state index in [9.17, 15) is 5.11 Å². The summed E-state index contributed by atoms with van der Waals surface area (Å²) in [4.78, 5) is 0. The van der Waals surface area contributed by atoms with E-state index in [2.05, 4.69) is 68.9 Å². The van der Waals surface area contributed by atoms with Crippen molar-refractivity contribution in [2.24, 2.45) is 56.7 Å². The Bertz CT molecular complexity index is 809. The largest absolute Gasteiger partial charge is 0.393 e. The molecule has 10 atom stereocenters. The van der Waals surface area contributed by atoms with E-state index in [0.29, 0.717) is 27.6 Å². The van der Waals surface area contributed by atoms with E-state index >= 15 is 0 Å². The number of hydrogen-bond acceptors (Lipinski definition) is 1. The molecule has 1 heteroatoms. The topological polar surface area (TPSA) is 20.2 Å². The predicted octanol–water partition coefficient (Wildman–Crippen LogP) is 10.2. The molecular formula is C35H62O. The van der Waals surface area contributed by atoms with Crippen molar-refractivity contribution >= 4 is 0 Å². The van der Waals surface area contributed by atoms with Crippen LogP contribution in [-0.2, 0) is 0 Å². The Balaban J connectivity index is 0.000000709. The summed E-state index contributed by atoms with van der Waals surface area (Å²) in [6.07, 6.45) is 17.5. The molecule has 0 bridgehead atoms. The Morgan fingerprint density at radius 1 is 0.750 bits per heavy atom. The summed E-state index contributed by atoms with van der Waals surface area (Å²) in [5, 5.41) is 10.9. The molecule has 0 aromatic carbocycles. The Kier molecular flexibility index (Phi) is 7.74. The number of unbranched alkanes of at least 4 members (excludes halogenated alkanes) is 1. The van der Waals surface area contributed by atoms with E-state index in [1.165, 1.54) is 82.6 Å². The summed E-state index contributed by atoms with van der Waals surface area (Å²) in [6.45, 7) is 26.6. The standard InChI is InChI=1S/C31H52O.C4H10/c1-9-31-17-12-21(20(2)3)26(31)22-10-11-24-28(6)15-14-25(32)27(4,5)23(28)13-16-30(24,8)29(22,7)18-19-31;1-3-4-2/h21-26,32H,2,9-19H2,1,3-8H3;3-4H2,1-2H3/t21?,22?,23?,24?,25?,26?,28?,29-,30?,31?;/m1./s1. The molecule has 5 rings (SSSR count). The minimum atomic E-state index is -0.119. The van der Waals surface area contributed by atoms with Crippen LogP contribution in [0.2, 0.25) is 0 Å². The van der Waals surface area contributed by atoms with Gasteiger partial charge in [0, 0.05) is 0 Å². The second-order valence-corrected chi connectivity index (χ2v) is 15.8. The van der Waals surface area contributed by atoms with Crippen molar-refractivity contribution in [3.63, 3.8) is 0 Å². The Labute approximate surface area is 225 Å². The second-order valence-electron chi connectivity index (χ2n) is 15.8. The normalized spacial score (nSPS) is 51.1. The maximum absolute atomic E-state index is 10.9. The maximum atomic E-state index is 10.9. The lowest BCUT2D eigenvalue weighted by atomic mass is 9.32. The van der Waals surface area contributed by atoms with Crippen LogP contribution in [0.25, 0.3) is 0 Å². The summed E-state index contributed by atoms with van der Waals surface area (Å²) in [6, 6.07) is 0. The van der Waals surface area contributed by atoms with E-state index in [1.54, 1.807) is 0 Å². The molecule has 208 valence electrons. The van der Waals surface area contributed by atoms with Gasteiger partial charge in [-0.25, -0.2) is 0 Å². The van der Waals surface area contributed by atoms with E-state index in [1.807, 2.05) is 0 Å². The van der Waals surface area contributed by atoms with Crippen molar-refractivity contribution in [2.45, 2.75) is 152 Å². The minimum Gasteiger partial charge on any atom is -0.393 e. The molecule has 0 heterocycles. The van der Waals surface area contributed by atoms with Crippen LogP contribution >= 0.6 is 0 Å². The average molecular weight is 499 g/mol. The first-order valence-electron chi connectivity index (χ1n) is 16.1. The fourth-order valence-electron chi connectivity index (χ4n) is 11.9. The number of allylic oxidation sites excluding steroid dienone is 1. The maximum Gasteiger partial charge on any atom is 0.0594 e. The zero-order valence-corrected chi connectivity index (χ0v) is 25.8. The van der Waals surface area contributed by atoms with E-state index in [4.69, 9.17) is 0 Å². The van der Waals surface area contributed by atoms with Gasteiger partial charge in [0.1, 0.15) is 0 Å². The van der Waals surface area contributed by atoms with E-state index in [-0.39, 0.29) is 11.5 Å². The van der Waals surface area contributed by atoms with Crippen molar-refractivity contribution in [1.29, 1.82) is 0 Å². The summed E-state index contributed by atoms with van der Waals surface area (Å²) < 4.78 is 0. The molecule has 0 saturated heterocycles. The van der Waals surface area contributed by atoms with Crippen molar-refractivity contribution in [3.05, 3.63) is 12.2 Å². The van der Waals surface area contributed by atoms with Crippen LogP contribution in [0.3, 0.4) is 0 Å². The lowest BCUT2D eigenvalue weighted by Crippen LogP contribution is -2.66. The van der Waals surface area contributed by atoms with Crippen LogP contribution < -0.4 is 0 Å². The SMILES string of the molecule is C=C(C)C1CCC2(CC)CC[C@]3(C)C(CCC4C5(C)CCC(O)C(C)(C)C5CCC43C)C12.CCCC. The third-order valence-corrected chi connectivity index (χ3v) is 14.4. The summed E-state index contributed by atoms with van der Waals surface area (Å²) in [5.41, 5.74) is 3.43. The number of rotatable bonds is 3. The molecule has 0 spiro atoms. The highest BCUT2D eigenvalue weighted by Gasteiger charge is 2.70. The number of fused-ring (bicyclic) bond motifs is 7. The molecular weight excluding hydrogens is 436 g/mol. The lowest BCUT2D eigenvalue weighted by Gasteiger charge is -2.73. The monoisotopic (exact) mass is 498 g/mol. The molecule has 0 amide bonds. The highest BCUT2D eigenvalue weighted by Crippen LogP contribution is 2.77. The zero-order valence-electron chi connectivity index (χ0n) is 25.8. The molecule has 0 radical (unpaired) electrons. The molecule has 5 aliphatic carbocycles. The quantitative estimate of drug-likeness (QED) is 0.384. The predicted molar refractivity (Wildman–Crippen MR) is 156 cm³/mol. The van der Waals surface area contributed by atoms with Crippen LogP contribution in [0.5, 0.6) is 0 Å². The third-order valence-electron chi connectivity index (χ3n) is 14.4. The highest BCUT2D eigenvalue weighted by molar-refractivity contribution is 5.21. The second kappa shape index (κ2) is 9.71. The van der Waals surface area contributed by atoms with Crippen molar-refractivity contribution in [1.82, 2.24) is 0 Å². The highest BCUT2D eigenvalue weighted by atomic mass is 16.3. The average Bonchev–Trinajstić information content (AvgIpc) is 3.23. The molecule has 1 nitrogen and oxygen atoms in total. The van der Waals surface area contributed by atoms with Gasteiger partial charge >= 0.3 is 0 Å². The fourth-order valence-corrected chi connectivity index (χ4v) is 11.9. The van der Waals surface area contributed by atoms with Gasteiger partial charge in [-0.1, -0.05) is 86.8 Å². The molecule has 0 aromatic heterocycles. The van der Waals surface area contributed by atoms with Gasteiger partial charge in [0.2, 0.25) is 0 Å². The van der Waals surface area contributed by atoms with Crippen LogP contribution in [0, 0.1) is 56.7 Å². The van der Waals surface area contributed by atoms with Gasteiger partial charge in [-0.3, -0.25) is 0 Å². The summed E-state index contributed by atoms with van der Waals surface area (Å²) in [5.74, 6) is 4.00.